The van der Waals surface area contributed by atoms with E-state index in [1.54, 1.807) is 12.1 Å². The second kappa shape index (κ2) is 5.59. The number of nitrogens with one attached hydrogen (secondary N) is 1. The van der Waals surface area contributed by atoms with Crippen molar-refractivity contribution in [2.75, 3.05) is 5.32 Å². The Balaban J connectivity index is 2.13. The molecule has 2 rings (SSSR count). The molecule has 0 bridgehead atoms. The molecule has 2 N–H and O–H groups in total. The molecule has 0 unspecified atom stereocenters. The van der Waals surface area contributed by atoms with Gasteiger partial charge in [-0.15, -0.1) is 0 Å². The second-order valence-corrected chi connectivity index (χ2v) is 5.22. The lowest BCUT2D eigenvalue weighted by molar-refractivity contribution is 0.464. The van der Waals surface area contributed by atoms with Crippen molar-refractivity contribution in [2.24, 2.45) is 0 Å². The topological polar surface area (TPSA) is 45.1 Å². The monoisotopic (exact) mass is 326 g/mol. The van der Waals surface area contributed by atoms with Crippen LogP contribution in [0.2, 0.25) is 5.02 Å². The van der Waals surface area contributed by atoms with Crippen molar-refractivity contribution in [2.45, 2.75) is 13.5 Å². The van der Waals surface area contributed by atoms with Gasteiger partial charge < -0.3 is 10.4 Å². The molecule has 2 aromatic rings. The Hall–Kier alpha value is -1.26. The molecule has 0 fully saturated rings. The molecule has 1 aromatic carbocycles. The number of hydrogen-bond donors (Lipinski definition) is 2. The molecule has 1 heterocycles. The number of benzene rings is 1. The number of hydrogen-bond acceptors (Lipinski definition) is 3. The van der Waals surface area contributed by atoms with Gasteiger partial charge in [0.2, 0.25) is 0 Å². The first-order chi connectivity index (χ1) is 8.56. The molecule has 0 amide bonds. The average molecular weight is 328 g/mol. The van der Waals surface area contributed by atoms with Crippen LogP contribution in [-0.2, 0) is 6.54 Å². The average Bonchev–Trinajstić information content (AvgIpc) is 2.32. The molecule has 0 radical (unpaired) electrons. The maximum Gasteiger partial charge on any atom is 0.138 e. The maximum absolute atomic E-state index is 9.68. The van der Waals surface area contributed by atoms with Gasteiger partial charge in [0.1, 0.15) is 11.4 Å². The van der Waals surface area contributed by atoms with Gasteiger partial charge in [0.25, 0.3) is 0 Å². The summed E-state index contributed by atoms with van der Waals surface area (Å²) in [4.78, 5) is 4.27. The lowest BCUT2D eigenvalue weighted by Crippen LogP contribution is -2.03. The van der Waals surface area contributed by atoms with Crippen molar-refractivity contribution in [3.8, 4) is 5.75 Å². The van der Waals surface area contributed by atoms with Crippen molar-refractivity contribution >= 4 is 33.2 Å². The van der Waals surface area contributed by atoms with Crippen LogP contribution in [0.4, 0.5) is 5.69 Å². The Morgan fingerprint density at radius 3 is 2.83 bits per heavy atom. The molecular weight excluding hydrogens is 316 g/mol. The van der Waals surface area contributed by atoms with E-state index >= 15 is 0 Å². The quantitative estimate of drug-likeness (QED) is 0.891. The zero-order valence-electron chi connectivity index (χ0n) is 9.74. The number of aromatic hydroxyl groups is 1. The van der Waals surface area contributed by atoms with E-state index in [-0.39, 0.29) is 5.75 Å². The smallest absolute Gasteiger partial charge is 0.138 e. The van der Waals surface area contributed by atoms with Gasteiger partial charge in [-0.2, -0.15) is 0 Å². The summed E-state index contributed by atoms with van der Waals surface area (Å²) in [5.74, 6) is 0.182. The molecule has 0 aliphatic rings. The predicted octanol–water partition coefficient (Wildman–Crippen LogP) is 4.12. The highest BCUT2D eigenvalue weighted by Crippen LogP contribution is 2.26. The lowest BCUT2D eigenvalue weighted by Gasteiger charge is -2.10. The predicted molar refractivity (Wildman–Crippen MR) is 77.1 cm³/mol. The van der Waals surface area contributed by atoms with E-state index in [1.807, 2.05) is 25.1 Å². The summed E-state index contributed by atoms with van der Waals surface area (Å²) in [6.45, 7) is 2.31. The van der Waals surface area contributed by atoms with E-state index in [4.69, 9.17) is 11.6 Å². The zero-order valence-corrected chi connectivity index (χ0v) is 12.1. The van der Waals surface area contributed by atoms with Crippen molar-refractivity contribution in [1.29, 1.82) is 0 Å². The standard InChI is InChI=1S/C13H12BrClN2O/c1-8-2-5-13(18)12(17-8)7-16-11-4-3-9(14)6-10(11)15/h2-6,16,18H,7H2,1H3. The Morgan fingerprint density at radius 2 is 2.11 bits per heavy atom. The highest BCUT2D eigenvalue weighted by molar-refractivity contribution is 9.10. The summed E-state index contributed by atoms with van der Waals surface area (Å²) < 4.78 is 0.926. The minimum atomic E-state index is 0.182. The molecule has 0 aliphatic carbocycles. The Kier molecular flexibility index (Phi) is 4.09. The summed E-state index contributed by atoms with van der Waals surface area (Å²) in [6, 6.07) is 9.00. The van der Waals surface area contributed by atoms with Crippen LogP contribution in [0.1, 0.15) is 11.4 Å². The van der Waals surface area contributed by atoms with Crippen LogP contribution < -0.4 is 5.32 Å². The van der Waals surface area contributed by atoms with E-state index < -0.39 is 0 Å². The van der Waals surface area contributed by atoms with Gasteiger partial charge in [-0.05, 0) is 37.3 Å². The summed E-state index contributed by atoms with van der Waals surface area (Å²) in [5.41, 5.74) is 2.28. The normalized spacial score (nSPS) is 10.4. The van der Waals surface area contributed by atoms with E-state index in [9.17, 15) is 5.11 Å². The lowest BCUT2D eigenvalue weighted by atomic mass is 10.2. The highest BCUT2D eigenvalue weighted by atomic mass is 79.9. The molecule has 0 spiro atoms. The van der Waals surface area contributed by atoms with Crippen molar-refractivity contribution < 1.29 is 5.11 Å². The van der Waals surface area contributed by atoms with Gasteiger partial charge in [-0.3, -0.25) is 4.98 Å². The Labute approximate surface area is 119 Å². The SMILES string of the molecule is Cc1ccc(O)c(CNc2ccc(Br)cc2Cl)n1. The number of halogens is 2. The van der Waals surface area contributed by atoms with Crippen LogP contribution in [0.15, 0.2) is 34.8 Å². The Bertz CT molecular complexity index is 575. The number of nitrogens with zero attached hydrogens (tertiary/aromatic N) is 1. The Morgan fingerprint density at radius 1 is 1.33 bits per heavy atom. The third-order valence-electron chi connectivity index (χ3n) is 2.47. The van der Waals surface area contributed by atoms with Crippen molar-refractivity contribution in [3.05, 3.63) is 51.2 Å². The van der Waals surface area contributed by atoms with Crippen LogP contribution >= 0.6 is 27.5 Å². The minimum Gasteiger partial charge on any atom is -0.506 e. The molecule has 0 saturated carbocycles. The highest BCUT2D eigenvalue weighted by Gasteiger charge is 2.05. The molecular formula is C13H12BrClN2O. The van der Waals surface area contributed by atoms with Gasteiger partial charge in [-0.1, -0.05) is 27.5 Å². The molecule has 94 valence electrons. The van der Waals surface area contributed by atoms with Crippen LogP contribution in [0.3, 0.4) is 0 Å². The number of aryl methyl sites for hydroxylation is 1. The number of aromatic nitrogens is 1. The third kappa shape index (κ3) is 3.15. The molecule has 1 aromatic heterocycles. The fraction of sp³-hybridized carbons (Fsp3) is 0.154. The van der Waals surface area contributed by atoms with Gasteiger partial charge in [0, 0.05) is 10.2 Å². The second-order valence-electron chi connectivity index (χ2n) is 3.90. The molecule has 0 saturated heterocycles. The minimum absolute atomic E-state index is 0.182. The third-order valence-corrected chi connectivity index (χ3v) is 3.27. The molecule has 3 nitrogen and oxygen atoms in total. The van der Waals surface area contributed by atoms with Crippen LogP contribution in [0.5, 0.6) is 5.75 Å². The van der Waals surface area contributed by atoms with Gasteiger partial charge in [0.15, 0.2) is 0 Å². The summed E-state index contributed by atoms with van der Waals surface area (Å²) in [7, 11) is 0. The number of anilines is 1. The molecule has 0 aliphatic heterocycles. The van der Waals surface area contributed by atoms with Crippen molar-refractivity contribution in [1.82, 2.24) is 4.98 Å². The molecule has 5 heteroatoms. The van der Waals surface area contributed by atoms with E-state index in [0.29, 0.717) is 17.3 Å². The van der Waals surface area contributed by atoms with Crippen LogP contribution in [-0.4, -0.2) is 10.1 Å². The number of pyridine rings is 1. The van der Waals surface area contributed by atoms with Crippen LogP contribution in [0.25, 0.3) is 0 Å². The van der Waals surface area contributed by atoms with E-state index in [1.165, 1.54) is 0 Å². The van der Waals surface area contributed by atoms with Gasteiger partial charge in [0.05, 0.1) is 17.3 Å². The summed E-state index contributed by atoms with van der Waals surface area (Å²) >= 11 is 9.44. The van der Waals surface area contributed by atoms with Crippen molar-refractivity contribution in [3.63, 3.8) is 0 Å². The van der Waals surface area contributed by atoms with Gasteiger partial charge in [-0.25, -0.2) is 0 Å². The van der Waals surface area contributed by atoms with Gasteiger partial charge >= 0.3 is 0 Å². The fourth-order valence-corrected chi connectivity index (χ4v) is 2.29. The van der Waals surface area contributed by atoms with Crippen LogP contribution in [0, 0.1) is 6.92 Å². The zero-order chi connectivity index (χ0) is 13.1. The largest absolute Gasteiger partial charge is 0.506 e. The van der Waals surface area contributed by atoms with E-state index in [2.05, 4.69) is 26.2 Å². The maximum atomic E-state index is 9.68. The van der Waals surface area contributed by atoms with E-state index in [0.717, 1.165) is 15.9 Å². The first-order valence-corrected chi connectivity index (χ1v) is 6.58. The first-order valence-electron chi connectivity index (χ1n) is 5.40. The molecule has 0 atom stereocenters. The summed E-state index contributed by atoms with van der Waals surface area (Å²) in [5, 5.41) is 13.5. The number of rotatable bonds is 3. The molecule has 18 heavy (non-hydrogen) atoms. The summed E-state index contributed by atoms with van der Waals surface area (Å²) in [6.07, 6.45) is 0. The fourth-order valence-electron chi connectivity index (χ4n) is 1.55. The first kappa shape index (κ1) is 13.2.